The van der Waals surface area contributed by atoms with E-state index in [0.29, 0.717) is 5.56 Å². The summed E-state index contributed by atoms with van der Waals surface area (Å²) in [6.07, 6.45) is 4.79. The SMILES string of the molecule is C/C(=C\C(=O)c1cccnc1)Nc1ccc(I)cc1. The van der Waals surface area contributed by atoms with Gasteiger partial charge in [-0.3, -0.25) is 9.78 Å². The zero-order chi connectivity index (χ0) is 13.7. The Morgan fingerprint density at radius 1 is 1.26 bits per heavy atom. The van der Waals surface area contributed by atoms with Gasteiger partial charge in [-0.1, -0.05) is 0 Å². The van der Waals surface area contributed by atoms with E-state index in [9.17, 15) is 4.79 Å². The molecule has 4 heteroatoms. The number of nitrogens with one attached hydrogen (secondary N) is 1. The highest BCUT2D eigenvalue weighted by atomic mass is 127. The molecule has 1 N–H and O–H groups in total. The van der Waals surface area contributed by atoms with Gasteiger partial charge in [0, 0.05) is 39.0 Å². The second-order valence-corrected chi connectivity index (χ2v) is 5.31. The van der Waals surface area contributed by atoms with Crippen LogP contribution in [0.3, 0.4) is 0 Å². The zero-order valence-corrected chi connectivity index (χ0v) is 12.6. The molecule has 0 spiro atoms. The van der Waals surface area contributed by atoms with Crippen LogP contribution in [0.25, 0.3) is 0 Å². The number of carbonyl (C=O) groups excluding carboxylic acids is 1. The number of allylic oxidation sites excluding steroid dienone is 2. The Balaban J connectivity index is 2.07. The van der Waals surface area contributed by atoms with E-state index in [1.807, 2.05) is 31.2 Å². The number of halogens is 1. The Bertz CT molecular complexity index is 591. The summed E-state index contributed by atoms with van der Waals surface area (Å²) in [6.45, 7) is 1.87. The van der Waals surface area contributed by atoms with Gasteiger partial charge in [-0.15, -0.1) is 0 Å². The van der Waals surface area contributed by atoms with Gasteiger partial charge in [-0.2, -0.15) is 0 Å². The van der Waals surface area contributed by atoms with Crippen molar-refractivity contribution in [2.45, 2.75) is 6.92 Å². The van der Waals surface area contributed by atoms with Gasteiger partial charge < -0.3 is 5.32 Å². The molecule has 1 aromatic heterocycles. The number of benzene rings is 1. The maximum absolute atomic E-state index is 11.9. The van der Waals surface area contributed by atoms with Crippen LogP contribution in [0.1, 0.15) is 17.3 Å². The van der Waals surface area contributed by atoms with Gasteiger partial charge in [0.05, 0.1) is 0 Å². The lowest BCUT2D eigenvalue weighted by molar-refractivity contribution is 0.104. The number of nitrogens with zero attached hydrogens (tertiary/aromatic N) is 1. The predicted molar refractivity (Wildman–Crippen MR) is 85.1 cm³/mol. The van der Waals surface area contributed by atoms with Crippen LogP contribution in [0.2, 0.25) is 0 Å². The first-order chi connectivity index (χ1) is 9.15. The Labute approximate surface area is 125 Å². The van der Waals surface area contributed by atoms with Crippen molar-refractivity contribution in [2.24, 2.45) is 0 Å². The topological polar surface area (TPSA) is 42.0 Å². The molecule has 0 saturated carbocycles. The van der Waals surface area contributed by atoms with Crippen LogP contribution >= 0.6 is 22.6 Å². The monoisotopic (exact) mass is 364 g/mol. The van der Waals surface area contributed by atoms with E-state index in [4.69, 9.17) is 0 Å². The van der Waals surface area contributed by atoms with Gasteiger partial charge in [0.1, 0.15) is 0 Å². The minimum Gasteiger partial charge on any atom is -0.359 e. The first-order valence-electron chi connectivity index (χ1n) is 5.80. The number of ketones is 1. The summed E-state index contributed by atoms with van der Waals surface area (Å²) in [5, 5.41) is 3.19. The second kappa shape index (κ2) is 6.47. The molecular weight excluding hydrogens is 351 g/mol. The fourth-order valence-corrected chi connectivity index (χ4v) is 1.95. The number of rotatable bonds is 4. The standard InChI is InChI=1S/C15H13IN2O/c1-11(18-14-6-4-13(16)5-7-14)9-15(19)12-3-2-8-17-10-12/h2-10,18H,1H3/b11-9+. The van der Waals surface area contributed by atoms with Crippen molar-refractivity contribution >= 4 is 34.1 Å². The van der Waals surface area contributed by atoms with Crippen LogP contribution in [0.4, 0.5) is 5.69 Å². The maximum atomic E-state index is 11.9. The largest absolute Gasteiger partial charge is 0.359 e. The fraction of sp³-hybridized carbons (Fsp3) is 0.0667. The summed E-state index contributed by atoms with van der Waals surface area (Å²) in [5.74, 6) is -0.0522. The van der Waals surface area contributed by atoms with Gasteiger partial charge >= 0.3 is 0 Å². The van der Waals surface area contributed by atoms with E-state index >= 15 is 0 Å². The lowest BCUT2D eigenvalue weighted by atomic mass is 10.1. The van der Waals surface area contributed by atoms with Crippen LogP contribution < -0.4 is 5.32 Å². The molecule has 0 bridgehead atoms. The van der Waals surface area contributed by atoms with Crippen molar-refractivity contribution < 1.29 is 4.79 Å². The third-order valence-electron chi connectivity index (χ3n) is 2.48. The van der Waals surface area contributed by atoms with Crippen LogP contribution in [-0.2, 0) is 0 Å². The molecule has 19 heavy (non-hydrogen) atoms. The van der Waals surface area contributed by atoms with E-state index < -0.39 is 0 Å². The number of hydrogen-bond acceptors (Lipinski definition) is 3. The number of carbonyl (C=O) groups is 1. The van der Waals surface area contributed by atoms with E-state index in [2.05, 4.69) is 32.9 Å². The van der Waals surface area contributed by atoms with Crippen molar-refractivity contribution in [3.05, 3.63) is 69.7 Å². The molecule has 0 aliphatic heterocycles. The molecule has 2 rings (SSSR count). The van der Waals surface area contributed by atoms with Crippen molar-refractivity contribution in [1.82, 2.24) is 4.98 Å². The highest BCUT2D eigenvalue weighted by Crippen LogP contribution is 2.13. The van der Waals surface area contributed by atoms with Gasteiger partial charge in [-0.25, -0.2) is 0 Å². The van der Waals surface area contributed by atoms with Gasteiger partial charge in [0.2, 0.25) is 0 Å². The third-order valence-corrected chi connectivity index (χ3v) is 3.20. The summed E-state index contributed by atoms with van der Waals surface area (Å²) in [6, 6.07) is 11.5. The Hall–Kier alpha value is -1.69. The normalized spacial score (nSPS) is 11.2. The second-order valence-electron chi connectivity index (χ2n) is 4.07. The lowest BCUT2D eigenvalue weighted by Crippen LogP contribution is -2.01. The highest BCUT2D eigenvalue weighted by Gasteiger charge is 2.02. The minimum absolute atomic E-state index is 0.0522. The Kier molecular flexibility index (Phi) is 4.68. The fourth-order valence-electron chi connectivity index (χ4n) is 1.59. The predicted octanol–water partition coefficient (Wildman–Crippen LogP) is 3.88. The number of anilines is 1. The molecule has 1 aromatic carbocycles. The number of pyridine rings is 1. The zero-order valence-electron chi connectivity index (χ0n) is 10.4. The lowest BCUT2D eigenvalue weighted by Gasteiger charge is -2.06. The van der Waals surface area contributed by atoms with E-state index in [1.165, 1.54) is 3.57 Å². The Morgan fingerprint density at radius 3 is 2.63 bits per heavy atom. The van der Waals surface area contributed by atoms with Crippen LogP contribution in [0, 0.1) is 3.57 Å². The summed E-state index contributed by atoms with van der Waals surface area (Å²) in [7, 11) is 0. The average Bonchev–Trinajstić information content (AvgIpc) is 2.42. The highest BCUT2D eigenvalue weighted by molar-refractivity contribution is 14.1. The van der Waals surface area contributed by atoms with E-state index in [1.54, 1.807) is 30.6 Å². The molecule has 0 aliphatic rings. The quantitative estimate of drug-likeness (QED) is 0.509. The van der Waals surface area contributed by atoms with Gasteiger partial charge in [-0.05, 0) is 65.9 Å². The molecule has 0 saturated heterocycles. The van der Waals surface area contributed by atoms with Crippen LogP contribution in [0.5, 0.6) is 0 Å². The van der Waals surface area contributed by atoms with E-state index in [0.717, 1.165) is 11.4 Å². The van der Waals surface area contributed by atoms with Crippen LogP contribution in [-0.4, -0.2) is 10.8 Å². The van der Waals surface area contributed by atoms with Gasteiger partial charge in [0.15, 0.2) is 5.78 Å². The van der Waals surface area contributed by atoms with Crippen molar-refractivity contribution in [1.29, 1.82) is 0 Å². The summed E-state index contributed by atoms with van der Waals surface area (Å²) < 4.78 is 1.18. The molecular formula is C15H13IN2O. The molecule has 0 aliphatic carbocycles. The smallest absolute Gasteiger partial charge is 0.189 e. The average molecular weight is 364 g/mol. The van der Waals surface area contributed by atoms with Crippen molar-refractivity contribution in [3.63, 3.8) is 0 Å². The first-order valence-corrected chi connectivity index (χ1v) is 6.88. The minimum atomic E-state index is -0.0522. The number of aromatic nitrogens is 1. The maximum Gasteiger partial charge on any atom is 0.189 e. The Morgan fingerprint density at radius 2 is 2.00 bits per heavy atom. The van der Waals surface area contributed by atoms with E-state index in [-0.39, 0.29) is 5.78 Å². The molecule has 0 amide bonds. The molecule has 3 nitrogen and oxygen atoms in total. The molecule has 96 valence electrons. The van der Waals surface area contributed by atoms with Gasteiger partial charge in [0.25, 0.3) is 0 Å². The molecule has 0 radical (unpaired) electrons. The summed E-state index contributed by atoms with van der Waals surface area (Å²) >= 11 is 2.25. The summed E-state index contributed by atoms with van der Waals surface area (Å²) in [5.41, 5.74) is 2.36. The van der Waals surface area contributed by atoms with Crippen molar-refractivity contribution in [3.8, 4) is 0 Å². The molecule has 0 fully saturated rings. The third kappa shape index (κ3) is 4.17. The summed E-state index contributed by atoms with van der Waals surface area (Å²) in [4.78, 5) is 15.9. The molecule has 0 atom stereocenters. The van der Waals surface area contributed by atoms with Crippen molar-refractivity contribution in [2.75, 3.05) is 5.32 Å². The molecule has 0 unspecified atom stereocenters. The molecule has 2 aromatic rings. The first kappa shape index (κ1) is 13.7. The number of hydrogen-bond donors (Lipinski definition) is 1. The van der Waals surface area contributed by atoms with Crippen LogP contribution in [0.15, 0.2) is 60.6 Å². The molecule has 1 heterocycles.